The lowest BCUT2D eigenvalue weighted by atomic mass is 10.1. The molecule has 0 bridgehead atoms. The molecule has 5 heteroatoms. The number of carbonyl (C=O) groups is 1. The molecule has 1 aromatic carbocycles. The minimum Gasteiger partial charge on any atom is -0.312 e. The van der Waals surface area contributed by atoms with Crippen LogP contribution in [0.5, 0.6) is 0 Å². The van der Waals surface area contributed by atoms with Gasteiger partial charge in [0, 0.05) is 36.7 Å². The van der Waals surface area contributed by atoms with E-state index in [2.05, 4.69) is 17.6 Å². The van der Waals surface area contributed by atoms with Crippen LogP contribution >= 0.6 is 12.6 Å². The minimum absolute atomic E-state index is 0.190. The van der Waals surface area contributed by atoms with Crippen molar-refractivity contribution < 1.29 is 4.79 Å². The van der Waals surface area contributed by atoms with E-state index in [-0.39, 0.29) is 5.91 Å². The molecule has 104 valence electrons. The van der Waals surface area contributed by atoms with Crippen LogP contribution in [0.25, 0.3) is 5.69 Å². The number of hydrogen-bond donors (Lipinski definition) is 1. The van der Waals surface area contributed by atoms with E-state index >= 15 is 0 Å². The lowest BCUT2D eigenvalue weighted by molar-refractivity contribution is -0.117. The Morgan fingerprint density at radius 2 is 2.00 bits per heavy atom. The molecule has 0 spiro atoms. The summed E-state index contributed by atoms with van der Waals surface area (Å²) < 4.78 is 2.02. The second-order valence-corrected chi connectivity index (χ2v) is 5.48. The van der Waals surface area contributed by atoms with E-state index in [0.29, 0.717) is 12.3 Å². The largest absolute Gasteiger partial charge is 0.312 e. The highest BCUT2D eigenvalue weighted by Gasteiger charge is 2.29. The van der Waals surface area contributed by atoms with Crippen LogP contribution in [-0.4, -0.2) is 27.8 Å². The third-order valence-corrected chi connectivity index (χ3v) is 4.25. The number of amides is 1. The zero-order valence-electron chi connectivity index (χ0n) is 11.4. The van der Waals surface area contributed by atoms with E-state index < -0.39 is 0 Å². The Morgan fingerprint density at radius 1 is 1.30 bits per heavy atom. The van der Waals surface area contributed by atoms with Gasteiger partial charge in [0.1, 0.15) is 5.82 Å². The molecule has 0 aliphatic carbocycles. The first kappa shape index (κ1) is 13.2. The second kappa shape index (κ2) is 5.32. The molecule has 1 aromatic heterocycles. The molecule has 0 radical (unpaired) electrons. The van der Waals surface area contributed by atoms with Gasteiger partial charge >= 0.3 is 0 Å². The number of aromatic nitrogens is 2. The fourth-order valence-corrected chi connectivity index (χ4v) is 2.84. The van der Waals surface area contributed by atoms with Crippen LogP contribution in [-0.2, 0) is 4.79 Å². The number of thiol groups is 1. The van der Waals surface area contributed by atoms with Crippen LogP contribution in [0.15, 0.2) is 36.7 Å². The Balaban J connectivity index is 1.84. The van der Waals surface area contributed by atoms with Crippen LogP contribution < -0.4 is 4.90 Å². The van der Waals surface area contributed by atoms with Crippen molar-refractivity contribution in [3.63, 3.8) is 0 Å². The zero-order chi connectivity index (χ0) is 14.1. The normalized spacial score (nSPS) is 18.8. The lowest BCUT2D eigenvalue weighted by Crippen LogP contribution is -2.24. The minimum atomic E-state index is 0.190. The number of benzene rings is 1. The zero-order valence-corrected chi connectivity index (χ0v) is 12.3. The molecule has 0 saturated carbocycles. The van der Waals surface area contributed by atoms with Crippen molar-refractivity contribution in [3.05, 3.63) is 42.5 Å². The van der Waals surface area contributed by atoms with Gasteiger partial charge in [-0.1, -0.05) is 0 Å². The van der Waals surface area contributed by atoms with Gasteiger partial charge in [-0.15, -0.1) is 0 Å². The molecule has 1 unspecified atom stereocenters. The molecule has 2 aromatic rings. The maximum absolute atomic E-state index is 12.0. The topological polar surface area (TPSA) is 38.1 Å². The van der Waals surface area contributed by atoms with Gasteiger partial charge < -0.3 is 9.47 Å². The quantitative estimate of drug-likeness (QED) is 0.881. The summed E-state index contributed by atoms with van der Waals surface area (Å²) in [6.07, 6.45) is 4.32. The Kier molecular flexibility index (Phi) is 3.53. The smallest absolute Gasteiger partial charge is 0.227 e. The molecule has 1 amide bonds. The van der Waals surface area contributed by atoms with E-state index in [0.717, 1.165) is 29.5 Å². The summed E-state index contributed by atoms with van der Waals surface area (Å²) in [7, 11) is 0. The van der Waals surface area contributed by atoms with Gasteiger partial charge in [-0.3, -0.25) is 4.79 Å². The van der Waals surface area contributed by atoms with Crippen LogP contribution in [0.3, 0.4) is 0 Å². The molecule has 2 heterocycles. The fraction of sp³-hybridized carbons (Fsp3) is 0.333. The maximum Gasteiger partial charge on any atom is 0.227 e. The molecule has 4 nitrogen and oxygen atoms in total. The van der Waals surface area contributed by atoms with Crippen molar-refractivity contribution in [1.29, 1.82) is 0 Å². The number of carbonyl (C=O) groups excluding carboxylic acids is 1. The molecule has 1 aliphatic rings. The number of aryl methyl sites for hydroxylation is 1. The molecule has 1 aliphatic heterocycles. The number of rotatable bonds is 3. The van der Waals surface area contributed by atoms with E-state index in [9.17, 15) is 4.79 Å². The van der Waals surface area contributed by atoms with Gasteiger partial charge in [0.2, 0.25) is 5.91 Å². The summed E-state index contributed by atoms with van der Waals surface area (Å²) in [6.45, 7) is 2.74. The van der Waals surface area contributed by atoms with Crippen molar-refractivity contribution in [1.82, 2.24) is 9.55 Å². The Bertz CT molecular complexity index is 620. The van der Waals surface area contributed by atoms with Gasteiger partial charge in [-0.25, -0.2) is 4.98 Å². The molecule has 3 rings (SSSR count). The Morgan fingerprint density at radius 3 is 2.55 bits per heavy atom. The summed E-state index contributed by atoms with van der Waals surface area (Å²) in [6, 6.07) is 8.03. The number of hydrogen-bond acceptors (Lipinski definition) is 3. The van der Waals surface area contributed by atoms with Gasteiger partial charge in [0.25, 0.3) is 0 Å². The van der Waals surface area contributed by atoms with Crippen LogP contribution in [0.2, 0.25) is 0 Å². The average Bonchev–Trinajstić information content (AvgIpc) is 3.05. The van der Waals surface area contributed by atoms with Crippen LogP contribution in [0.1, 0.15) is 12.2 Å². The van der Waals surface area contributed by atoms with Crippen molar-refractivity contribution >= 4 is 24.2 Å². The summed E-state index contributed by atoms with van der Waals surface area (Å²) in [5, 5.41) is 0. The molecule has 0 N–H and O–H groups in total. The molecular weight excluding hydrogens is 270 g/mol. The summed E-state index contributed by atoms with van der Waals surface area (Å²) in [5.41, 5.74) is 2.02. The van der Waals surface area contributed by atoms with Crippen LogP contribution in [0, 0.1) is 12.8 Å². The summed E-state index contributed by atoms with van der Waals surface area (Å²) >= 11 is 4.29. The third-order valence-electron chi connectivity index (χ3n) is 3.73. The molecule has 1 saturated heterocycles. The molecule has 1 fully saturated rings. The predicted molar refractivity (Wildman–Crippen MR) is 82.6 cm³/mol. The van der Waals surface area contributed by atoms with E-state index in [1.54, 1.807) is 6.20 Å². The summed E-state index contributed by atoms with van der Waals surface area (Å²) in [5.74, 6) is 2.26. The fourth-order valence-electron chi connectivity index (χ4n) is 2.60. The first-order chi connectivity index (χ1) is 9.69. The monoisotopic (exact) mass is 287 g/mol. The van der Waals surface area contributed by atoms with Gasteiger partial charge in [-0.05, 0) is 42.9 Å². The first-order valence-corrected chi connectivity index (χ1v) is 7.34. The number of anilines is 1. The number of nitrogens with zero attached hydrogens (tertiary/aromatic N) is 3. The van der Waals surface area contributed by atoms with E-state index in [1.807, 2.05) is 46.9 Å². The molecule has 1 atom stereocenters. The van der Waals surface area contributed by atoms with Gasteiger partial charge in [0.05, 0.1) is 0 Å². The van der Waals surface area contributed by atoms with E-state index in [1.165, 1.54) is 0 Å². The third kappa shape index (κ3) is 2.33. The van der Waals surface area contributed by atoms with Gasteiger partial charge in [0.15, 0.2) is 0 Å². The first-order valence-electron chi connectivity index (χ1n) is 6.70. The molecular formula is C15H17N3OS. The maximum atomic E-state index is 12.0. The lowest BCUT2D eigenvalue weighted by Gasteiger charge is -2.17. The molecule has 20 heavy (non-hydrogen) atoms. The van der Waals surface area contributed by atoms with Crippen molar-refractivity contribution in [2.75, 3.05) is 17.2 Å². The van der Waals surface area contributed by atoms with Crippen molar-refractivity contribution in [2.24, 2.45) is 5.92 Å². The van der Waals surface area contributed by atoms with Gasteiger partial charge in [-0.2, -0.15) is 12.6 Å². The highest BCUT2D eigenvalue weighted by atomic mass is 32.1. The van der Waals surface area contributed by atoms with Crippen molar-refractivity contribution in [3.8, 4) is 5.69 Å². The Hall–Kier alpha value is -1.75. The predicted octanol–water partition coefficient (Wildman–Crippen LogP) is 2.46. The van der Waals surface area contributed by atoms with E-state index in [4.69, 9.17) is 0 Å². The second-order valence-electron chi connectivity index (χ2n) is 5.12. The van der Waals surface area contributed by atoms with Crippen molar-refractivity contribution in [2.45, 2.75) is 13.3 Å². The standard InChI is InChI=1S/C15H17N3OS/c1-11-16-6-7-17(11)13-2-4-14(5-3-13)18-9-12(10-20)8-15(18)19/h2-7,12,20H,8-10H2,1H3. The average molecular weight is 287 g/mol. The number of imidazole rings is 1. The Labute approximate surface area is 123 Å². The SMILES string of the molecule is Cc1nccn1-c1ccc(N2CC(CS)CC2=O)cc1. The highest BCUT2D eigenvalue weighted by molar-refractivity contribution is 7.80. The highest BCUT2D eigenvalue weighted by Crippen LogP contribution is 2.26. The van der Waals surface area contributed by atoms with Crippen LogP contribution in [0.4, 0.5) is 5.69 Å². The summed E-state index contributed by atoms with van der Waals surface area (Å²) in [4.78, 5) is 18.1.